The molecule has 0 bridgehead atoms. The van der Waals surface area contributed by atoms with Crippen LogP contribution in [0, 0.1) is 52.3 Å². The first-order chi connectivity index (χ1) is 15.8. The molecular weight excluding hydrogens is 400 g/mol. The van der Waals surface area contributed by atoms with Gasteiger partial charge in [-0.25, -0.2) is 0 Å². The molecule has 0 aromatic heterocycles. The van der Waals surface area contributed by atoms with Crippen molar-refractivity contribution in [3.63, 3.8) is 0 Å². The number of carbonyl (C=O) groups is 1. The number of unbranched alkanes of at least 4 members (excludes halogenated alkanes) is 2. The molecule has 0 aromatic carbocycles. The summed E-state index contributed by atoms with van der Waals surface area (Å²) in [6.07, 6.45) is 24.2. The molecule has 0 unspecified atom stereocenters. The van der Waals surface area contributed by atoms with Crippen molar-refractivity contribution >= 4 is 6.29 Å². The second-order valence-electron chi connectivity index (χ2n) is 13.8. The Labute approximate surface area is 206 Å². The normalized spacial score (nSPS) is 41.2. The molecule has 0 spiro atoms. The maximum Gasteiger partial charge on any atom is 0.119 e. The highest BCUT2D eigenvalue weighted by Gasteiger charge is 2.59. The molecule has 0 aromatic rings. The highest BCUT2D eigenvalue weighted by Crippen LogP contribution is 2.67. The minimum atomic E-state index is 0.491. The summed E-state index contributed by atoms with van der Waals surface area (Å²) in [6.45, 7) is 12.8. The van der Waals surface area contributed by atoms with Crippen LogP contribution in [0.1, 0.15) is 131 Å². The van der Waals surface area contributed by atoms with Crippen molar-refractivity contribution in [1.82, 2.24) is 0 Å². The zero-order chi connectivity index (χ0) is 23.6. The van der Waals surface area contributed by atoms with Crippen LogP contribution in [0.25, 0.3) is 0 Å². The Morgan fingerprint density at radius 1 is 0.970 bits per heavy atom. The quantitative estimate of drug-likeness (QED) is 0.182. The van der Waals surface area contributed by atoms with E-state index in [1.807, 2.05) is 5.57 Å². The van der Waals surface area contributed by atoms with Gasteiger partial charge in [0.1, 0.15) is 6.29 Å². The smallest absolute Gasteiger partial charge is 0.119 e. The van der Waals surface area contributed by atoms with E-state index < -0.39 is 0 Å². The molecule has 0 N–H and O–H groups in total. The van der Waals surface area contributed by atoms with Crippen LogP contribution in [-0.4, -0.2) is 6.29 Å². The Morgan fingerprint density at radius 3 is 2.55 bits per heavy atom. The summed E-state index contributed by atoms with van der Waals surface area (Å²) in [5.74, 6) is 6.49. The van der Waals surface area contributed by atoms with Crippen LogP contribution in [-0.2, 0) is 4.79 Å². The van der Waals surface area contributed by atoms with Gasteiger partial charge in [0, 0.05) is 6.42 Å². The van der Waals surface area contributed by atoms with Crippen LogP contribution in [0.4, 0.5) is 0 Å². The predicted molar refractivity (Wildman–Crippen MR) is 141 cm³/mol. The molecule has 0 amide bonds. The fraction of sp³-hybridized carbons (Fsp3) is 0.906. The molecule has 3 fully saturated rings. The molecule has 8 atom stereocenters. The Kier molecular flexibility index (Phi) is 8.17. The average Bonchev–Trinajstić information content (AvgIpc) is 3.14. The van der Waals surface area contributed by atoms with Crippen molar-refractivity contribution < 1.29 is 4.79 Å². The lowest BCUT2D eigenvalue weighted by atomic mass is 9.46. The molecule has 0 radical (unpaired) electrons. The van der Waals surface area contributed by atoms with E-state index in [1.54, 1.807) is 0 Å². The monoisotopic (exact) mass is 454 g/mol. The zero-order valence-electron chi connectivity index (χ0n) is 22.7. The van der Waals surface area contributed by atoms with Crippen molar-refractivity contribution in [3.8, 4) is 0 Å². The highest BCUT2D eigenvalue weighted by molar-refractivity contribution is 5.48. The molecule has 0 aliphatic heterocycles. The van der Waals surface area contributed by atoms with Gasteiger partial charge in [-0.2, -0.15) is 0 Å². The lowest BCUT2D eigenvalue weighted by molar-refractivity contribution is -0.107. The van der Waals surface area contributed by atoms with Crippen molar-refractivity contribution in [2.24, 2.45) is 52.3 Å². The van der Waals surface area contributed by atoms with E-state index in [4.69, 9.17) is 0 Å². The van der Waals surface area contributed by atoms with Crippen LogP contribution in [0.5, 0.6) is 0 Å². The molecule has 4 rings (SSSR count). The lowest BCUT2D eigenvalue weighted by Crippen LogP contribution is -2.50. The van der Waals surface area contributed by atoms with Gasteiger partial charge >= 0.3 is 0 Å². The van der Waals surface area contributed by atoms with Crippen LogP contribution in [0.15, 0.2) is 11.6 Å². The van der Waals surface area contributed by atoms with Gasteiger partial charge in [0.15, 0.2) is 0 Å². The summed E-state index contributed by atoms with van der Waals surface area (Å²) in [4.78, 5) is 10.6. The number of hydrogen-bond donors (Lipinski definition) is 0. The summed E-state index contributed by atoms with van der Waals surface area (Å²) in [6, 6.07) is 0. The van der Waals surface area contributed by atoms with E-state index in [9.17, 15) is 4.79 Å². The van der Waals surface area contributed by atoms with Crippen LogP contribution >= 0.6 is 0 Å². The number of aldehydes is 1. The van der Waals surface area contributed by atoms with E-state index in [-0.39, 0.29) is 0 Å². The first kappa shape index (κ1) is 25.5. The van der Waals surface area contributed by atoms with Gasteiger partial charge in [0.05, 0.1) is 0 Å². The largest absolute Gasteiger partial charge is 0.303 e. The number of fused-ring (bicyclic) bond motifs is 5. The van der Waals surface area contributed by atoms with Gasteiger partial charge in [-0.1, -0.05) is 78.4 Å². The van der Waals surface area contributed by atoms with Gasteiger partial charge < -0.3 is 4.79 Å². The third kappa shape index (κ3) is 5.04. The summed E-state index contributed by atoms with van der Waals surface area (Å²) >= 11 is 0. The Hall–Kier alpha value is -0.590. The fourth-order valence-corrected chi connectivity index (χ4v) is 9.67. The molecule has 4 aliphatic carbocycles. The number of carbonyl (C=O) groups excluding carboxylic acids is 1. The van der Waals surface area contributed by atoms with Gasteiger partial charge in [-0.3, -0.25) is 0 Å². The van der Waals surface area contributed by atoms with Crippen LogP contribution in [0.3, 0.4) is 0 Å². The Balaban J connectivity index is 1.40. The molecular formula is C32H54O. The van der Waals surface area contributed by atoms with Gasteiger partial charge in [-0.15, -0.1) is 0 Å². The predicted octanol–water partition coefficient (Wildman–Crippen LogP) is 9.40. The Morgan fingerprint density at radius 2 is 1.79 bits per heavy atom. The van der Waals surface area contributed by atoms with Gasteiger partial charge in [0.25, 0.3) is 0 Å². The minimum absolute atomic E-state index is 0.491. The van der Waals surface area contributed by atoms with Crippen LogP contribution < -0.4 is 0 Å². The fourth-order valence-electron chi connectivity index (χ4n) is 9.67. The van der Waals surface area contributed by atoms with Crippen molar-refractivity contribution in [2.75, 3.05) is 0 Å². The Bertz CT molecular complexity index is 691. The molecule has 1 heteroatoms. The standard InChI is InChI=1S/C32H54O/c1-23(2)10-9-11-24(3)28-15-16-29-27-14-13-26-22-25(12-7-6-8-21-33)17-19-31(26,4)30(27)18-20-32(28,29)5/h13,21,23-25,27-30H,6-12,14-20,22H2,1-5H3/t24-,25+,27+,28-,29+,30+,31+,32-/m1/s1. The van der Waals surface area contributed by atoms with Crippen molar-refractivity contribution in [2.45, 2.75) is 131 Å². The van der Waals surface area contributed by atoms with E-state index in [0.29, 0.717) is 10.8 Å². The highest BCUT2D eigenvalue weighted by atomic mass is 16.1. The molecule has 1 nitrogen and oxygen atoms in total. The second-order valence-corrected chi connectivity index (χ2v) is 13.8. The first-order valence-corrected chi connectivity index (χ1v) is 14.9. The van der Waals surface area contributed by atoms with E-state index in [1.165, 1.54) is 83.5 Å². The summed E-state index contributed by atoms with van der Waals surface area (Å²) < 4.78 is 0. The SMILES string of the molecule is CC(C)CCC[C@@H](C)[C@H]1CC[C@H]2[C@@H]3CC=C4C[C@@H](CCCCC=O)CC[C@]4(C)[C@H]3CC[C@]12C. The van der Waals surface area contributed by atoms with Gasteiger partial charge in [0.2, 0.25) is 0 Å². The van der Waals surface area contributed by atoms with Gasteiger partial charge in [-0.05, 0) is 110 Å². The second kappa shape index (κ2) is 10.6. The molecule has 4 aliphatic rings. The summed E-state index contributed by atoms with van der Waals surface area (Å²) in [5, 5.41) is 0. The summed E-state index contributed by atoms with van der Waals surface area (Å²) in [5.41, 5.74) is 2.94. The third-order valence-electron chi connectivity index (χ3n) is 11.6. The molecule has 0 heterocycles. The van der Waals surface area contributed by atoms with Crippen molar-refractivity contribution in [3.05, 3.63) is 11.6 Å². The number of hydrogen-bond acceptors (Lipinski definition) is 1. The molecule has 3 saturated carbocycles. The van der Waals surface area contributed by atoms with Crippen LogP contribution in [0.2, 0.25) is 0 Å². The molecule has 0 saturated heterocycles. The van der Waals surface area contributed by atoms with E-state index in [2.05, 4.69) is 40.7 Å². The third-order valence-corrected chi connectivity index (χ3v) is 11.6. The van der Waals surface area contributed by atoms with Crippen molar-refractivity contribution in [1.29, 1.82) is 0 Å². The zero-order valence-corrected chi connectivity index (χ0v) is 22.7. The first-order valence-electron chi connectivity index (χ1n) is 14.9. The minimum Gasteiger partial charge on any atom is -0.303 e. The number of rotatable bonds is 10. The summed E-state index contributed by atoms with van der Waals surface area (Å²) in [7, 11) is 0. The van der Waals surface area contributed by atoms with E-state index in [0.717, 1.165) is 60.6 Å². The molecule has 33 heavy (non-hydrogen) atoms. The maximum absolute atomic E-state index is 10.6. The number of allylic oxidation sites excluding steroid dienone is 2. The maximum atomic E-state index is 10.6. The van der Waals surface area contributed by atoms with E-state index >= 15 is 0 Å². The topological polar surface area (TPSA) is 17.1 Å². The lowest BCUT2D eigenvalue weighted by Gasteiger charge is -2.58. The average molecular weight is 455 g/mol. The molecule has 188 valence electrons.